The van der Waals surface area contributed by atoms with Crippen LogP contribution in [-0.4, -0.2) is 34.6 Å². The maximum atomic E-state index is 13.1. The Morgan fingerprint density at radius 3 is 2.33 bits per heavy atom. The van der Waals surface area contributed by atoms with Crippen molar-refractivity contribution in [1.82, 2.24) is 0 Å². The number of anilines is 2. The molecule has 0 aromatic heterocycles. The summed E-state index contributed by atoms with van der Waals surface area (Å²) >= 11 is 0. The highest BCUT2D eigenvalue weighted by atomic mass is 32.2. The summed E-state index contributed by atoms with van der Waals surface area (Å²) in [6, 6.07) is 15.2. The molecule has 0 saturated carbocycles. The van der Waals surface area contributed by atoms with E-state index in [1.807, 2.05) is 6.07 Å². The standard InChI is InChI=1S/C17H20N2O4S/c1-3-19(14-9-5-4-6-10-14)24(21,22)16-12-8-7-11-15(16)18-17(20)13-23-2/h4-12H,3,13H2,1-2H3,(H,18,20). The van der Waals surface area contributed by atoms with Crippen LogP contribution in [0.2, 0.25) is 0 Å². The Balaban J connectivity index is 2.44. The van der Waals surface area contributed by atoms with Crippen LogP contribution in [0.4, 0.5) is 11.4 Å². The van der Waals surface area contributed by atoms with Crippen molar-refractivity contribution in [3.8, 4) is 0 Å². The van der Waals surface area contributed by atoms with Crippen molar-refractivity contribution in [2.24, 2.45) is 0 Å². The lowest BCUT2D eigenvalue weighted by Gasteiger charge is -2.24. The lowest BCUT2D eigenvalue weighted by atomic mass is 10.3. The molecule has 0 spiro atoms. The Morgan fingerprint density at radius 2 is 1.71 bits per heavy atom. The minimum Gasteiger partial charge on any atom is -0.375 e. The number of hydrogen-bond acceptors (Lipinski definition) is 4. The van der Waals surface area contributed by atoms with Crippen LogP contribution in [0, 0.1) is 0 Å². The second-order valence-corrected chi connectivity index (χ2v) is 6.81. The van der Waals surface area contributed by atoms with Crippen molar-refractivity contribution >= 4 is 27.3 Å². The van der Waals surface area contributed by atoms with Gasteiger partial charge >= 0.3 is 0 Å². The Kier molecular flexibility index (Phi) is 5.94. The average molecular weight is 348 g/mol. The van der Waals surface area contributed by atoms with Crippen molar-refractivity contribution in [3.63, 3.8) is 0 Å². The number of nitrogens with zero attached hydrogens (tertiary/aromatic N) is 1. The zero-order valence-corrected chi connectivity index (χ0v) is 14.4. The van der Waals surface area contributed by atoms with E-state index in [2.05, 4.69) is 5.32 Å². The maximum Gasteiger partial charge on any atom is 0.266 e. The third kappa shape index (κ3) is 3.93. The van der Waals surface area contributed by atoms with Crippen LogP contribution in [0.3, 0.4) is 0 Å². The van der Waals surface area contributed by atoms with Gasteiger partial charge in [0.2, 0.25) is 5.91 Å². The summed E-state index contributed by atoms with van der Waals surface area (Å²) in [7, 11) is -2.42. The molecule has 0 unspecified atom stereocenters. The number of hydrogen-bond donors (Lipinski definition) is 1. The van der Waals surface area contributed by atoms with Crippen molar-refractivity contribution in [3.05, 3.63) is 54.6 Å². The van der Waals surface area contributed by atoms with Gasteiger partial charge in [-0.3, -0.25) is 9.10 Å². The van der Waals surface area contributed by atoms with Crippen molar-refractivity contribution < 1.29 is 17.9 Å². The van der Waals surface area contributed by atoms with E-state index in [1.54, 1.807) is 49.4 Å². The molecule has 24 heavy (non-hydrogen) atoms. The zero-order chi connectivity index (χ0) is 17.6. The Bertz CT molecular complexity index is 791. The SMILES string of the molecule is CCN(c1ccccc1)S(=O)(=O)c1ccccc1NC(=O)COC. The average Bonchev–Trinajstić information content (AvgIpc) is 2.57. The van der Waals surface area contributed by atoms with E-state index in [4.69, 9.17) is 4.74 Å². The van der Waals surface area contributed by atoms with Crippen LogP contribution in [0.15, 0.2) is 59.5 Å². The van der Waals surface area contributed by atoms with Crippen LogP contribution in [0.5, 0.6) is 0 Å². The summed E-state index contributed by atoms with van der Waals surface area (Å²) in [5.74, 6) is -0.414. The molecule has 6 nitrogen and oxygen atoms in total. The largest absolute Gasteiger partial charge is 0.375 e. The van der Waals surface area contributed by atoms with Gasteiger partial charge in [-0.15, -0.1) is 0 Å². The van der Waals surface area contributed by atoms with Crippen LogP contribution in [-0.2, 0) is 19.6 Å². The van der Waals surface area contributed by atoms with Crippen LogP contribution in [0.1, 0.15) is 6.92 Å². The first-order valence-electron chi connectivity index (χ1n) is 7.46. The molecule has 2 aromatic rings. The number of nitrogens with one attached hydrogen (secondary N) is 1. The number of benzene rings is 2. The fourth-order valence-corrected chi connectivity index (χ4v) is 3.94. The molecule has 0 heterocycles. The minimum atomic E-state index is -3.82. The van der Waals surface area contributed by atoms with E-state index in [0.29, 0.717) is 5.69 Å². The van der Waals surface area contributed by atoms with Crippen molar-refractivity contribution in [2.75, 3.05) is 29.9 Å². The van der Waals surface area contributed by atoms with Gasteiger partial charge in [-0.2, -0.15) is 0 Å². The first-order chi connectivity index (χ1) is 11.5. The second kappa shape index (κ2) is 7.94. The molecule has 0 saturated heterocycles. The second-order valence-electron chi connectivity index (χ2n) is 4.98. The van der Waals surface area contributed by atoms with Gasteiger partial charge in [0.1, 0.15) is 11.5 Å². The fourth-order valence-electron chi connectivity index (χ4n) is 2.32. The van der Waals surface area contributed by atoms with E-state index in [1.165, 1.54) is 17.5 Å². The topological polar surface area (TPSA) is 75.7 Å². The molecule has 7 heteroatoms. The molecule has 1 amide bonds. The zero-order valence-electron chi connectivity index (χ0n) is 13.6. The maximum absolute atomic E-state index is 13.1. The summed E-state index contributed by atoms with van der Waals surface area (Å²) in [6.07, 6.45) is 0. The minimum absolute atomic E-state index is 0.0418. The Morgan fingerprint density at radius 1 is 1.08 bits per heavy atom. The normalized spacial score (nSPS) is 11.1. The number of amides is 1. The molecule has 1 N–H and O–H groups in total. The molecule has 128 valence electrons. The van der Waals surface area contributed by atoms with E-state index in [9.17, 15) is 13.2 Å². The lowest BCUT2D eigenvalue weighted by Crippen LogP contribution is -2.31. The van der Waals surface area contributed by atoms with Gasteiger partial charge in [-0.25, -0.2) is 8.42 Å². The van der Waals surface area contributed by atoms with Gasteiger partial charge in [-0.05, 0) is 31.2 Å². The predicted molar refractivity (Wildman–Crippen MR) is 93.6 cm³/mol. The third-order valence-corrected chi connectivity index (χ3v) is 5.30. The molecule has 0 atom stereocenters. The Hall–Kier alpha value is -2.38. The summed E-state index contributed by atoms with van der Waals surface area (Å²) in [5.41, 5.74) is 0.798. The molecule has 0 radical (unpaired) electrons. The smallest absolute Gasteiger partial charge is 0.266 e. The van der Waals surface area contributed by atoms with Gasteiger partial charge in [0.15, 0.2) is 0 Å². The number of ether oxygens (including phenoxy) is 1. The first kappa shape index (κ1) is 18.0. The van der Waals surface area contributed by atoms with E-state index in [-0.39, 0.29) is 23.7 Å². The van der Waals surface area contributed by atoms with Gasteiger partial charge in [0.05, 0.1) is 11.4 Å². The van der Waals surface area contributed by atoms with Crippen LogP contribution >= 0.6 is 0 Å². The van der Waals surface area contributed by atoms with Crippen molar-refractivity contribution in [2.45, 2.75) is 11.8 Å². The molecule has 0 aliphatic rings. The van der Waals surface area contributed by atoms with Crippen LogP contribution in [0.25, 0.3) is 0 Å². The van der Waals surface area contributed by atoms with Crippen LogP contribution < -0.4 is 9.62 Å². The molecule has 0 fully saturated rings. The van der Waals surface area contributed by atoms with E-state index in [0.717, 1.165) is 0 Å². The van der Waals surface area contributed by atoms with E-state index < -0.39 is 15.9 Å². The predicted octanol–water partition coefficient (Wildman–Crippen LogP) is 2.49. The van der Waals surface area contributed by atoms with Crippen molar-refractivity contribution in [1.29, 1.82) is 0 Å². The number of para-hydroxylation sites is 2. The summed E-state index contributed by atoms with van der Waals surface area (Å²) in [5, 5.41) is 2.58. The third-order valence-electron chi connectivity index (χ3n) is 3.34. The highest BCUT2D eigenvalue weighted by Gasteiger charge is 2.26. The highest BCUT2D eigenvalue weighted by molar-refractivity contribution is 7.93. The summed E-state index contributed by atoms with van der Waals surface area (Å²) in [6.45, 7) is 1.88. The van der Waals surface area contributed by atoms with Gasteiger partial charge < -0.3 is 10.1 Å². The number of sulfonamides is 1. The van der Waals surface area contributed by atoms with Gasteiger partial charge in [0.25, 0.3) is 10.0 Å². The summed E-state index contributed by atoms with van der Waals surface area (Å²) in [4.78, 5) is 11.8. The van der Waals surface area contributed by atoms with Gasteiger partial charge in [-0.1, -0.05) is 30.3 Å². The lowest BCUT2D eigenvalue weighted by molar-refractivity contribution is -0.119. The molecule has 0 bridgehead atoms. The molecular formula is C17H20N2O4S. The molecule has 2 aromatic carbocycles. The quantitative estimate of drug-likeness (QED) is 0.834. The monoisotopic (exact) mass is 348 g/mol. The molecule has 0 aliphatic carbocycles. The number of carbonyl (C=O) groups excluding carboxylic acids is 1. The highest BCUT2D eigenvalue weighted by Crippen LogP contribution is 2.28. The number of rotatable bonds is 7. The Labute approximate surface area is 142 Å². The molecule has 0 aliphatic heterocycles. The first-order valence-corrected chi connectivity index (χ1v) is 8.90. The fraction of sp³-hybridized carbons (Fsp3) is 0.235. The summed E-state index contributed by atoms with van der Waals surface area (Å²) < 4.78 is 32.2. The molecular weight excluding hydrogens is 328 g/mol. The number of methoxy groups -OCH3 is 1. The molecule has 2 rings (SSSR count). The van der Waals surface area contributed by atoms with Gasteiger partial charge in [0, 0.05) is 13.7 Å². The number of carbonyl (C=O) groups is 1. The van der Waals surface area contributed by atoms with E-state index >= 15 is 0 Å².